The van der Waals surface area contributed by atoms with Gasteiger partial charge in [-0.15, -0.1) is 0 Å². The van der Waals surface area contributed by atoms with Crippen LogP contribution in [0.3, 0.4) is 0 Å². The molecule has 1 heterocycles. The molecule has 5 nitrogen and oxygen atoms in total. The van der Waals surface area contributed by atoms with Crippen molar-refractivity contribution in [3.05, 3.63) is 84.2 Å². The van der Waals surface area contributed by atoms with Gasteiger partial charge in [0.1, 0.15) is 29.7 Å². The zero-order valence-electron chi connectivity index (χ0n) is 19.9. The fraction of sp³-hybridized carbons (Fsp3) is 0.321. The van der Waals surface area contributed by atoms with Crippen molar-refractivity contribution in [2.75, 3.05) is 13.7 Å². The van der Waals surface area contributed by atoms with Gasteiger partial charge in [-0.3, -0.25) is 0 Å². The lowest BCUT2D eigenvalue weighted by Gasteiger charge is -2.19. The Labute approximate surface area is 195 Å². The minimum Gasteiger partial charge on any atom is -0.497 e. The van der Waals surface area contributed by atoms with Gasteiger partial charge in [0.2, 0.25) is 0 Å². The number of imidazole rings is 1. The molecule has 0 amide bonds. The van der Waals surface area contributed by atoms with Crippen LogP contribution in [0.4, 0.5) is 0 Å². The maximum Gasteiger partial charge on any atom is 0.147 e. The highest BCUT2D eigenvalue weighted by Gasteiger charge is 2.14. The fourth-order valence-electron chi connectivity index (χ4n) is 3.79. The summed E-state index contributed by atoms with van der Waals surface area (Å²) in [6.45, 7) is 8.45. The number of rotatable bonds is 9. The van der Waals surface area contributed by atoms with Crippen LogP contribution in [-0.2, 0) is 18.6 Å². The molecule has 0 unspecified atom stereocenters. The van der Waals surface area contributed by atoms with E-state index in [1.54, 1.807) is 7.11 Å². The number of aryl methyl sites for hydroxylation is 1. The number of hydrogen-bond acceptors (Lipinski definition) is 4. The molecule has 5 heteroatoms. The van der Waals surface area contributed by atoms with E-state index in [0.29, 0.717) is 13.2 Å². The molecule has 33 heavy (non-hydrogen) atoms. The van der Waals surface area contributed by atoms with Crippen molar-refractivity contribution in [3.8, 4) is 17.2 Å². The topological polar surface area (TPSA) is 45.5 Å². The molecule has 0 atom stereocenters. The van der Waals surface area contributed by atoms with Gasteiger partial charge in [-0.2, -0.15) is 0 Å². The highest BCUT2D eigenvalue weighted by Crippen LogP contribution is 2.25. The van der Waals surface area contributed by atoms with Gasteiger partial charge < -0.3 is 18.8 Å². The summed E-state index contributed by atoms with van der Waals surface area (Å²) in [7, 11) is 1.66. The van der Waals surface area contributed by atoms with Crippen molar-refractivity contribution in [1.82, 2.24) is 9.55 Å². The Balaban J connectivity index is 1.42. The van der Waals surface area contributed by atoms with E-state index >= 15 is 0 Å². The fourth-order valence-corrected chi connectivity index (χ4v) is 3.79. The number of aromatic nitrogens is 2. The number of para-hydroxylation sites is 2. The summed E-state index contributed by atoms with van der Waals surface area (Å²) in [5, 5.41) is 0. The van der Waals surface area contributed by atoms with Crippen molar-refractivity contribution < 1.29 is 14.2 Å². The Morgan fingerprint density at radius 1 is 0.818 bits per heavy atom. The minimum atomic E-state index is 0.124. The van der Waals surface area contributed by atoms with Crippen LogP contribution in [0.25, 0.3) is 11.0 Å². The average molecular weight is 445 g/mol. The van der Waals surface area contributed by atoms with Crippen LogP contribution in [-0.4, -0.2) is 23.3 Å². The summed E-state index contributed by atoms with van der Waals surface area (Å²) in [4.78, 5) is 4.82. The monoisotopic (exact) mass is 444 g/mol. The van der Waals surface area contributed by atoms with Gasteiger partial charge in [0.15, 0.2) is 0 Å². The van der Waals surface area contributed by atoms with Crippen LogP contribution in [0.1, 0.15) is 38.6 Å². The Hall–Kier alpha value is -3.47. The average Bonchev–Trinajstić information content (AvgIpc) is 3.18. The Morgan fingerprint density at radius 2 is 1.58 bits per heavy atom. The van der Waals surface area contributed by atoms with Crippen molar-refractivity contribution in [2.45, 2.75) is 45.8 Å². The Morgan fingerprint density at radius 3 is 2.33 bits per heavy atom. The van der Waals surface area contributed by atoms with Gasteiger partial charge in [-0.05, 0) is 53.8 Å². The van der Waals surface area contributed by atoms with E-state index in [1.807, 2.05) is 54.6 Å². The molecule has 0 aliphatic heterocycles. The first-order valence-corrected chi connectivity index (χ1v) is 11.4. The molecule has 4 aromatic rings. The molecule has 0 bridgehead atoms. The maximum atomic E-state index is 6.10. The first-order valence-electron chi connectivity index (χ1n) is 11.4. The maximum absolute atomic E-state index is 6.10. The Bertz CT molecular complexity index is 1190. The molecule has 0 spiro atoms. The zero-order chi connectivity index (χ0) is 23.3. The van der Waals surface area contributed by atoms with Crippen molar-refractivity contribution >= 4 is 11.0 Å². The molecule has 172 valence electrons. The lowest BCUT2D eigenvalue weighted by atomic mass is 9.87. The third kappa shape index (κ3) is 5.67. The van der Waals surface area contributed by atoms with Gasteiger partial charge in [-0.25, -0.2) is 4.98 Å². The van der Waals surface area contributed by atoms with E-state index < -0.39 is 0 Å². The molecule has 3 aromatic carbocycles. The summed E-state index contributed by atoms with van der Waals surface area (Å²) in [6.07, 6.45) is 0.852. The summed E-state index contributed by atoms with van der Waals surface area (Å²) >= 11 is 0. The number of methoxy groups -OCH3 is 1. The van der Waals surface area contributed by atoms with Gasteiger partial charge in [0.25, 0.3) is 0 Å². The van der Waals surface area contributed by atoms with Crippen molar-refractivity contribution in [1.29, 1.82) is 0 Å². The number of nitrogens with zero attached hydrogens (tertiary/aromatic N) is 2. The molecule has 0 aliphatic rings. The molecule has 1 aromatic heterocycles. The molecule has 0 saturated carbocycles. The smallest absolute Gasteiger partial charge is 0.147 e. The van der Waals surface area contributed by atoms with Crippen molar-refractivity contribution in [3.63, 3.8) is 0 Å². The van der Waals surface area contributed by atoms with Crippen LogP contribution in [0.5, 0.6) is 17.2 Å². The summed E-state index contributed by atoms with van der Waals surface area (Å²) < 4.78 is 19.5. The standard InChI is InChI=1S/C28H32N2O3/c1-28(2,3)21-13-15-22(16-14-21)33-20-27-29-25-11-5-6-12-26(25)30(27)17-8-18-32-24-10-7-9-23(19-24)31-4/h5-7,9-16,19H,8,17-18,20H2,1-4H3. The molecular weight excluding hydrogens is 412 g/mol. The number of ether oxygens (including phenoxy) is 3. The predicted octanol–water partition coefficient (Wildman–Crippen LogP) is 6.39. The summed E-state index contributed by atoms with van der Waals surface area (Å²) in [5.74, 6) is 3.37. The molecule has 0 aliphatic carbocycles. The van der Waals surface area contributed by atoms with E-state index in [9.17, 15) is 0 Å². The molecule has 4 rings (SSSR count). The zero-order valence-corrected chi connectivity index (χ0v) is 19.9. The van der Waals surface area contributed by atoms with Gasteiger partial charge in [0, 0.05) is 12.6 Å². The normalized spacial score (nSPS) is 11.5. The first-order chi connectivity index (χ1) is 15.9. The lowest BCUT2D eigenvalue weighted by molar-refractivity contribution is 0.279. The van der Waals surface area contributed by atoms with E-state index in [0.717, 1.165) is 47.1 Å². The molecular formula is C28H32N2O3. The summed E-state index contributed by atoms with van der Waals surface area (Å²) in [5.41, 5.74) is 3.51. The second kappa shape index (κ2) is 9.99. The van der Waals surface area contributed by atoms with Gasteiger partial charge >= 0.3 is 0 Å². The molecule has 0 radical (unpaired) electrons. The summed E-state index contributed by atoms with van der Waals surface area (Å²) in [6, 6.07) is 24.2. The largest absolute Gasteiger partial charge is 0.497 e. The molecule has 0 saturated heterocycles. The van der Waals surface area contributed by atoms with E-state index in [-0.39, 0.29) is 5.41 Å². The second-order valence-electron chi connectivity index (χ2n) is 9.11. The van der Waals surface area contributed by atoms with Crippen LogP contribution < -0.4 is 14.2 Å². The van der Waals surface area contributed by atoms with Crippen molar-refractivity contribution in [2.24, 2.45) is 0 Å². The van der Waals surface area contributed by atoms with Gasteiger partial charge in [0.05, 0.1) is 24.8 Å². The van der Waals surface area contributed by atoms with E-state index in [2.05, 4.69) is 43.5 Å². The van der Waals surface area contributed by atoms with Gasteiger partial charge in [-0.1, -0.05) is 51.1 Å². The highest BCUT2D eigenvalue weighted by molar-refractivity contribution is 5.75. The number of fused-ring (bicyclic) bond motifs is 1. The molecule has 0 fully saturated rings. The minimum absolute atomic E-state index is 0.124. The highest BCUT2D eigenvalue weighted by atomic mass is 16.5. The van der Waals surface area contributed by atoms with E-state index in [1.165, 1.54) is 5.56 Å². The molecule has 0 N–H and O–H groups in total. The quantitative estimate of drug-likeness (QED) is 0.281. The van der Waals surface area contributed by atoms with Crippen LogP contribution in [0.2, 0.25) is 0 Å². The lowest BCUT2D eigenvalue weighted by Crippen LogP contribution is -2.11. The third-order valence-corrected chi connectivity index (χ3v) is 5.66. The number of hydrogen-bond donors (Lipinski definition) is 0. The van der Waals surface area contributed by atoms with Crippen LogP contribution in [0.15, 0.2) is 72.8 Å². The first kappa shape index (κ1) is 22.7. The Kier molecular flexibility index (Phi) is 6.87. The van der Waals surface area contributed by atoms with Crippen LogP contribution >= 0.6 is 0 Å². The predicted molar refractivity (Wildman–Crippen MR) is 132 cm³/mol. The van der Waals surface area contributed by atoms with Crippen LogP contribution in [0, 0.1) is 0 Å². The third-order valence-electron chi connectivity index (χ3n) is 5.66. The second-order valence-corrected chi connectivity index (χ2v) is 9.11. The number of benzene rings is 3. The van der Waals surface area contributed by atoms with E-state index in [4.69, 9.17) is 19.2 Å². The SMILES string of the molecule is COc1cccc(OCCCn2c(COc3ccc(C(C)(C)C)cc3)nc3ccccc32)c1.